The van der Waals surface area contributed by atoms with Gasteiger partial charge in [0.1, 0.15) is 13.1 Å². The van der Waals surface area contributed by atoms with Crippen molar-refractivity contribution in [1.29, 1.82) is 0 Å². The predicted molar refractivity (Wildman–Crippen MR) is 82.8 cm³/mol. The second kappa shape index (κ2) is 6.69. The zero-order chi connectivity index (χ0) is 12.8. The average molecular weight is 274 g/mol. The molecule has 0 aliphatic carbocycles. The van der Waals surface area contributed by atoms with Crippen molar-refractivity contribution in [2.45, 2.75) is 13.1 Å². The largest absolute Gasteiger partial charge is 0.280 e. The van der Waals surface area contributed by atoms with Crippen LogP contribution in [0.1, 0.15) is 11.1 Å². The van der Waals surface area contributed by atoms with Crippen molar-refractivity contribution in [3.05, 3.63) is 71.8 Å². The minimum absolute atomic E-state index is 0.711. The smallest absolute Gasteiger partial charge is 0.229 e. The first-order chi connectivity index (χ1) is 8.75. The standard InChI is InChI=1S/C15H15NS2/c17-15(18)16(11-13-7-3-1-4-8-13)12-14-9-5-2-6-10-14/h1-10H,11-12H2,(H,17,18)/p+1. The van der Waals surface area contributed by atoms with Gasteiger partial charge in [-0.3, -0.25) is 4.90 Å². The van der Waals surface area contributed by atoms with Crippen LogP contribution in [0.15, 0.2) is 60.7 Å². The molecular formula is C15H16NS2+. The lowest BCUT2D eigenvalue weighted by Crippen LogP contribution is -3.10. The molecule has 0 aliphatic heterocycles. The van der Waals surface area contributed by atoms with Gasteiger partial charge in [-0.2, -0.15) is 0 Å². The summed E-state index contributed by atoms with van der Waals surface area (Å²) < 4.78 is 0.711. The van der Waals surface area contributed by atoms with Crippen molar-refractivity contribution in [2.24, 2.45) is 0 Å². The molecule has 1 N–H and O–H groups in total. The number of nitrogens with one attached hydrogen (secondary N) is 1. The van der Waals surface area contributed by atoms with Gasteiger partial charge in [-0.15, -0.1) is 0 Å². The van der Waals surface area contributed by atoms with Crippen LogP contribution < -0.4 is 4.90 Å². The molecule has 0 bridgehead atoms. The highest BCUT2D eigenvalue weighted by Crippen LogP contribution is 1.99. The molecule has 0 aromatic heterocycles. The van der Waals surface area contributed by atoms with Gasteiger partial charge in [0.25, 0.3) is 0 Å². The zero-order valence-corrected chi connectivity index (χ0v) is 11.8. The van der Waals surface area contributed by atoms with Gasteiger partial charge >= 0.3 is 0 Å². The Morgan fingerprint density at radius 3 is 1.56 bits per heavy atom. The van der Waals surface area contributed by atoms with E-state index in [1.54, 1.807) is 0 Å². The Hall–Kier alpha value is -1.16. The van der Waals surface area contributed by atoms with E-state index in [-0.39, 0.29) is 0 Å². The van der Waals surface area contributed by atoms with Crippen molar-refractivity contribution in [3.63, 3.8) is 0 Å². The van der Waals surface area contributed by atoms with E-state index in [0.717, 1.165) is 13.1 Å². The monoisotopic (exact) mass is 274 g/mol. The molecule has 0 aliphatic rings. The first-order valence-electron chi connectivity index (χ1n) is 5.91. The molecule has 2 rings (SSSR count). The number of quaternary nitrogens is 1. The summed E-state index contributed by atoms with van der Waals surface area (Å²) in [7, 11) is 0. The van der Waals surface area contributed by atoms with Crippen molar-refractivity contribution in [2.75, 3.05) is 0 Å². The van der Waals surface area contributed by atoms with Gasteiger partial charge in [0.15, 0.2) is 0 Å². The summed E-state index contributed by atoms with van der Waals surface area (Å²) in [5, 5.41) is 0. The summed E-state index contributed by atoms with van der Waals surface area (Å²) >= 11 is 9.59. The van der Waals surface area contributed by atoms with E-state index in [0.29, 0.717) is 4.32 Å². The molecule has 0 saturated heterocycles. The van der Waals surface area contributed by atoms with E-state index in [1.165, 1.54) is 16.0 Å². The first kappa shape index (κ1) is 13.3. The van der Waals surface area contributed by atoms with Crippen LogP contribution in [0.4, 0.5) is 0 Å². The molecule has 0 saturated carbocycles. The predicted octanol–water partition coefficient (Wildman–Crippen LogP) is 2.49. The number of benzene rings is 2. The van der Waals surface area contributed by atoms with Crippen LogP contribution in [-0.4, -0.2) is 4.32 Å². The van der Waals surface area contributed by atoms with E-state index < -0.39 is 0 Å². The minimum atomic E-state index is 0.711. The maximum absolute atomic E-state index is 5.24. The third kappa shape index (κ3) is 3.95. The van der Waals surface area contributed by atoms with Gasteiger partial charge in [0.2, 0.25) is 4.32 Å². The van der Waals surface area contributed by atoms with E-state index in [1.807, 2.05) is 12.1 Å². The summed E-state index contributed by atoms with van der Waals surface area (Å²) in [5.74, 6) is 0. The molecule has 2 aromatic carbocycles. The molecule has 0 radical (unpaired) electrons. The van der Waals surface area contributed by atoms with E-state index in [2.05, 4.69) is 61.2 Å². The molecule has 0 fully saturated rings. The molecule has 0 amide bonds. The Bertz CT molecular complexity index is 455. The minimum Gasteiger partial charge on any atom is -0.280 e. The summed E-state index contributed by atoms with van der Waals surface area (Å²) in [6.45, 7) is 1.75. The second-order valence-corrected chi connectivity index (χ2v) is 5.39. The summed E-state index contributed by atoms with van der Waals surface area (Å²) in [6, 6.07) is 20.8. The average Bonchev–Trinajstić information content (AvgIpc) is 2.40. The van der Waals surface area contributed by atoms with Crippen LogP contribution in [0, 0.1) is 0 Å². The number of hydrogen-bond donors (Lipinski definition) is 2. The van der Waals surface area contributed by atoms with Gasteiger partial charge in [0.05, 0.1) is 0 Å². The Kier molecular flexibility index (Phi) is 4.93. The van der Waals surface area contributed by atoms with Crippen molar-refractivity contribution in [1.82, 2.24) is 0 Å². The molecule has 1 nitrogen and oxygen atoms in total. The van der Waals surface area contributed by atoms with Crippen molar-refractivity contribution < 1.29 is 4.90 Å². The second-order valence-electron chi connectivity index (χ2n) is 4.23. The molecule has 92 valence electrons. The molecule has 18 heavy (non-hydrogen) atoms. The van der Waals surface area contributed by atoms with Crippen molar-refractivity contribution in [3.8, 4) is 0 Å². The van der Waals surface area contributed by atoms with Gasteiger partial charge in [-0.05, 0) is 12.2 Å². The van der Waals surface area contributed by atoms with Crippen LogP contribution in [0.3, 0.4) is 0 Å². The third-order valence-corrected chi connectivity index (χ3v) is 3.43. The number of thiol groups is 1. The summed E-state index contributed by atoms with van der Waals surface area (Å²) in [6.07, 6.45) is 0. The third-order valence-electron chi connectivity index (χ3n) is 2.82. The maximum Gasteiger partial charge on any atom is 0.229 e. The lowest BCUT2D eigenvalue weighted by molar-refractivity contribution is -0.828. The molecule has 0 unspecified atom stereocenters. The number of rotatable bonds is 4. The van der Waals surface area contributed by atoms with Gasteiger partial charge < -0.3 is 0 Å². The Morgan fingerprint density at radius 1 is 0.833 bits per heavy atom. The van der Waals surface area contributed by atoms with E-state index in [9.17, 15) is 0 Å². The van der Waals surface area contributed by atoms with Crippen LogP contribution in [0.2, 0.25) is 0 Å². The van der Waals surface area contributed by atoms with Crippen LogP contribution >= 0.6 is 24.8 Å². The lowest BCUT2D eigenvalue weighted by Gasteiger charge is -2.17. The highest BCUT2D eigenvalue weighted by molar-refractivity contribution is 8.10. The maximum atomic E-state index is 5.24. The van der Waals surface area contributed by atoms with Gasteiger partial charge in [-0.25, -0.2) is 0 Å². The fourth-order valence-corrected chi connectivity index (χ4v) is 2.20. The molecule has 0 spiro atoms. The summed E-state index contributed by atoms with van der Waals surface area (Å²) in [5.41, 5.74) is 2.56. The molecule has 0 heterocycles. The quantitative estimate of drug-likeness (QED) is 0.641. The topological polar surface area (TPSA) is 4.44 Å². The highest BCUT2D eigenvalue weighted by atomic mass is 32.1. The SMILES string of the molecule is S=C(S)[NH+](Cc1ccccc1)Cc1ccccc1. The molecule has 3 heteroatoms. The van der Waals surface area contributed by atoms with Gasteiger partial charge in [0, 0.05) is 11.1 Å². The highest BCUT2D eigenvalue weighted by Gasteiger charge is 2.13. The fourth-order valence-electron chi connectivity index (χ4n) is 1.90. The number of hydrogen-bond acceptors (Lipinski definition) is 1. The Labute approximate surface area is 119 Å². The first-order valence-corrected chi connectivity index (χ1v) is 6.77. The Morgan fingerprint density at radius 2 is 1.22 bits per heavy atom. The summed E-state index contributed by atoms with van der Waals surface area (Å²) in [4.78, 5) is 1.20. The number of thiocarbonyl (C=S) groups is 1. The molecular weight excluding hydrogens is 258 g/mol. The van der Waals surface area contributed by atoms with E-state index in [4.69, 9.17) is 12.2 Å². The van der Waals surface area contributed by atoms with Crippen LogP contribution in [0.25, 0.3) is 0 Å². The molecule has 0 atom stereocenters. The zero-order valence-electron chi connectivity index (χ0n) is 10.0. The normalized spacial score (nSPS) is 10.6. The Balaban J connectivity index is 2.08. The van der Waals surface area contributed by atoms with Crippen molar-refractivity contribution >= 4 is 29.2 Å². The van der Waals surface area contributed by atoms with Crippen LogP contribution in [-0.2, 0) is 13.1 Å². The fraction of sp³-hybridized carbons (Fsp3) is 0.133. The lowest BCUT2D eigenvalue weighted by atomic mass is 10.2. The van der Waals surface area contributed by atoms with Gasteiger partial charge in [-0.1, -0.05) is 73.3 Å². The van der Waals surface area contributed by atoms with Crippen LogP contribution in [0.5, 0.6) is 0 Å². The van der Waals surface area contributed by atoms with E-state index >= 15 is 0 Å². The molecule has 2 aromatic rings.